The maximum absolute atomic E-state index is 8.46. The average Bonchev–Trinajstić information content (AvgIpc) is 2.28. The lowest BCUT2D eigenvalue weighted by molar-refractivity contribution is 0.170. The zero-order valence-electron chi connectivity index (χ0n) is 10.2. The molecule has 0 fully saturated rings. The Hall–Kier alpha value is -1.89. The molecule has 1 heterocycles. The molecule has 1 atom stereocenters. The second-order valence-corrected chi connectivity index (χ2v) is 3.92. The van der Waals surface area contributed by atoms with Crippen molar-refractivity contribution in [2.24, 2.45) is 10.9 Å². The van der Waals surface area contributed by atoms with Crippen LogP contribution in [0, 0.1) is 0 Å². The molecule has 0 aliphatic rings. The highest BCUT2D eigenvalue weighted by Gasteiger charge is 2.07. The molecular weight excluding hydrogens is 222 g/mol. The van der Waals surface area contributed by atoms with E-state index in [-0.39, 0.29) is 11.9 Å². The van der Waals surface area contributed by atoms with E-state index in [1.54, 1.807) is 0 Å². The van der Waals surface area contributed by atoms with E-state index >= 15 is 0 Å². The molecule has 0 aliphatic heterocycles. The number of oxime groups is 1. The Kier molecular flexibility index (Phi) is 4.65. The fourth-order valence-electron chi connectivity index (χ4n) is 1.32. The number of ether oxygens (including phenoxy) is 1. The molecule has 0 aliphatic carbocycles. The zero-order chi connectivity index (χ0) is 12.8. The first-order chi connectivity index (χ1) is 8.02. The molecule has 7 heteroatoms. The van der Waals surface area contributed by atoms with Crippen LogP contribution in [0.4, 0.5) is 0 Å². The van der Waals surface area contributed by atoms with Gasteiger partial charge >= 0.3 is 0 Å². The molecule has 7 nitrogen and oxygen atoms in total. The monoisotopic (exact) mass is 239 g/mol. The van der Waals surface area contributed by atoms with Gasteiger partial charge in [-0.3, -0.25) is 0 Å². The molecule has 1 aromatic rings. The fraction of sp³-hybridized carbons (Fsp3) is 0.500. The number of hydrogen-bond acceptors (Lipinski definition) is 6. The van der Waals surface area contributed by atoms with Gasteiger partial charge in [-0.2, -0.15) is 0 Å². The van der Waals surface area contributed by atoms with E-state index in [1.807, 2.05) is 25.9 Å². The summed E-state index contributed by atoms with van der Waals surface area (Å²) in [6.45, 7) is 2.73. The van der Waals surface area contributed by atoms with Crippen LogP contribution in [-0.2, 0) is 0 Å². The molecule has 17 heavy (non-hydrogen) atoms. The van der Waals surface area contributed by atoms with Gasteiger partial charge in [0.05, 0.1) is 12.4 Å². The lowest BCUT2D eigenvalue weighted by atomic mass is 10.4. The van der Waals surface area contributed by atoms with Crippen molar-refractivity contribution in [2.75, 3.05) is 20.6 Å². The van der Waals surface area contributed by atoms with E-state index < -0.39 is 0 Å². The van der Waals surface area contributed by atoms with Gasteiger partial charge in [0, 0.05) is 6.54 Å². The van der Waals surface area contributed by atoms with Crippen LogP contribution >= 0.6 is 0 Å². The number of aromatic nitrogens is 2. The third-order valence-corrected chi connectivity index (χ3v) is 1.94. The molecule has 0 aromatic carbocycles. The second-order valence-electron chi connectivity index (χ2n) is 3.92. The molecule has 0 saturated heterocycles. The van der Waals surface area contributed by atoms with Crippen LogP contribution in [-0.4, -0.2) is 52.7 Å². The fourth-order valence-corrected chi connectivity index (χ4v) is 1.32. The molecule has 1 unspecified atom stereocenters. The molecular formula is C10H17N5O2. The smallest absolute Gasteiger partial charge is 0.232 e. The van der Waals surface area contributed by atoms with Crippen molar-refractivity contribution in [3.63, 3.8) is 0 Å². The number of likely N-dealkylation sites (N-methyl/N-ethyl adjacent to an activating group) is 1. The summed E-state index contributed by atoms with van der Waals surface area (Å²) in [5.41, 5.74) is 5.67. The van der Waals surface area contributed by atoms with Crippen molar-refractivity contribution in [3.8, 4) is 5.88 Å². The average molecular weight is 239 g/mol. The first-order valence-electron chi connectivity index (χ1n) is 5.14. The maximum Gasteiger partial charge on any atom is 0.232 e. The molecule has 0 spiro atoms. The summed E-state index contributed by atoms with van der Waals surface area (Å²) < 4.78 is 5.54. The summed E-state index contributed by atoms with van der Waals surface area (Å²) >= 11 is 0. The van der Waals surface area contributed by atoms with Crippen molar-refractivity contribution >= 4 is 5.84 Å². The largest absolute Gasteiger partial charge is 0.472 e. The molecule has 0 bridgehead atoms. The lowest BCUT2D eigenvalue weighted by Crippen LogP contribution is -2.28. The van der Waals surface area contributed by atoms with Gasteiger partial charge in [0.1, 0.15) is 11.8 Å². The number of nitrogens with two attached hydrogens (primary N) is 1. The summed E-state index contributed by atoms with van der Waals surface area (Å²) in [4.78, 5) is 10.0. The Bertz CT molecular complexity index is 377. The van der Waals surface area contributed by atoms with Crippen LogP contribution in [0.3, 0.4) is 0 Å². The minimum absolute atomic E-state index is 0.00834. The van der Waals surface area contributed by atoms with Crippen LogP contribution < -0.4 is 10.5 Å². The van der Waals surface area contributed by atoms with E-state index in [2.05, 4.69) is 15.1 Å². The molecule has 1 rings (SSSR count). The van der Waals surface area contributed by atoms with Crippen LogP contribution in [0.25, 0.3) is 0 Å². The van der Waals surface area contributed by atoms with Crippen molar-refractivity contribution in [3.05, 3.63) is 18.1 Å². The van der Waals surface area contributed by atoms with E-state index in [1.165, 1.54) is 12.4 Å². The number of rotatable bonds is 5. The lowest BCUT2D eigenvalue weighted by Gasteiger charge is -2.17. The van der Waals surface area contributed by atoms with Gasteiger partial charge in [-0.15, -0.1) is 0 Å². The molecule has 0 radical (unpaired) electrons. The number of hydrogen-bond donors (Lipinski definition) is 2. The van der Waals surface area contributed by atoms with Crippen LogP contribution in [0.2, 0.25) is 0 Å². The predicted octanol–water partition coefficient (Wildman–Crippen LogP) is -0.1000. The highest BCUT2D eigenvalue weighted by atomic mass is 16.5. The van der Waals surface area contributed by atoms with Crippen LogP contribution in [0.15, 0.2) is 17.5 Å². The third kappa shape index (κ3) is 4.23. The van der Waals surface area contributed by atoms with E-state index in [4.69, 9.17) is 15.7 Å². The van der Waals surface area contributed by atoms with Gasteiger partial charge in [0.2, 0.25) is 5.88 Å². The van der Waals surface area contributed by atoms with Gasteiger partial charge in [0.15, 0.2) is 5.84 Å². The summed E-state index contributed by atoms with van der Waals surface area (Å²) in [5.74, 6) is 0.333. The van der Waals surface area contributed by atoms with E-state index in [9.17, 15) is 0 Å². The maximum atomic E-state index is 8.46. The highest BCUT2D eigenvalue weighted by molar-refractivity contribution is 5.94. The molecule has 1 aromatic heterocycles. The normalized spacial score (nSPS) is 13.8. The Balaban J connectivity index is 2.62. The van der Waals surface area contributed by atoms with Gasteiger partial charge in [-0.05, 0) is 21.0 Å². The van der Waals surface area contributed by atoms with E-state index in [0.717, 1.165) is 6.54 Å². The first-order valence-corrected chi connectivity index (χ1v) is 5.14. The Morgan fingerprint density at radius 3 is 2.71 bits per heavy atom. The molecule has 3 N–H and O–H groups in total. The minimum Gasteiger partial charge on any atom is -0.472 e. The molecule has 94 valence electrons. The quantitative estimate of drug-likeness (QED) is 0.322. The highest BCUT2D eigenvalue weighted by Crippen LogP contribution is 2.07. The van der Waals surface area contributed by atoms with Crippen molar-refractivity contribution < 1.29 is 9.94 Å². The first kappa shape index (κ1) is 13.2. The topological polar surface area (TPSA) is 96.9 Å². The van der Waals surface area contributed by atoms with Gasteiger partial charge in [-0.25, -0.2) is 9.97 Å². The SMILES string of the molecule is CC(CN(C)C)Oc1cnc(C(N)=NO)cn1. The number of amidine groups is 1. The predicted molar refractivity (Wildman–Crippen MR) is 63.2 cm³/mol. The summed E-state index contributed by atoms with van der Waals surface area (Å²) in [6, 6.07) is 0. The third-order valence-electron chi connectivity index (χ3n) is 1.94. The standard InChI is InChI=1S/C10H17N5O2/c1-7(6-15(2)3)17-9-5-12-8(4-13-9)10(11)14-16/h4-5,7,16H,6H2,1-3H3,(H2,11,14). The van der Waals surface area contributed by atoms with Crippen LogP contribution in [0.1, 0.15) is 12.6 Å². The van der Waals surface area contributed by atoms with Crippen molar-refractivity contribution in [1.29, 1.82) is 0 Å². The van der Waals surface area contributed by atoms with Gasteiger partial charge < -0.3 is 20.6 Å². The number of nitrogens with zero attached hydrogens (tertiary/aromatic N) is 4. The Morgan fingerprint density at radius 2 is 2.24 bits per heavy atom. The molecule has 0 saturated carbocycles. The Labute approximate surface area is 99.9 Å². The van der Waals surface area contributed by atoms with E-state index in [0.29, 0.717) is 11.6 Å². The molecule has 0 amide bonds. The van der Waals surface area contributed by atoms with Crippen molar-refractivity contribution in [2.45, 2.75) is 13.0 Å². The summed E-state index contributed by atoms with van der Waals surface area (Å²) in [5, 5.41) is 11.3. The summed E-state index contributed by atoms with van der Waals surface area (Å²) in [7, 11) is 3.93. The minimum atomic E-state index is -0.0783. The van der Waals surface area contributed by atoms with Crippen molar-refractivity contribution in [1.82, 2.24) is 14.9 Å². The summed E-state index contributed by atoms with van der Waals surface area (Å²) in [6.07, 6.45) is 2.85. The van der Waals surface area contributed by atoms with Crippen LogP contribution in [0.5, 0.6) is 5.88 Å². The van der Waals surface area contributed by atoms with Gasteiger partial charge in [-0.1, -0.05) is 5.16 Å². The Morgan fingerprint density at radius 1 is 1.53 bits per heavy atom. The zero-order valence-corrected chi connectivity index (χ0v) is 10.2. The second kappa shape index (κ2) is 6.00. The van der Waals surface area contributed by atoms with Gasteiger partial charge in [0.25, 0.3) is 0 Å².